The number of carbonyl (C=O) groups excluding carboxylic acids is 1. The van der Waals surface area contributed by atoms with E-state index in [2.05, 4.69) is 15.0 Å². The maximum atomic E-state index is 12.6. The molecule has 2 aromatic carbocycles. The van der Waals surface area contributed by atoms with Crippen LogP contribution in [-0.2, 0) is 16.6 Å². The smallest absolute Gasteiger partial charge is 0.261 e. The highest BCUT2D eigenvalue weighted by atomic mass is 32.2. The molecule has 0 radical (unpaired) electrons. The van der Waals surface area contributed by atoms with Crippen LogP contribution in [-0.4, -0.2) is 19.3 Å². The lowest BCUT2D eigenvalue weighted by molar-refractivity contribution is 0.0951. The van der Waals surface area contributed by atoms with Gasteiger partial charge >= 0.3 is 0 Å². The average molecular weight is 381 g/mol. The van der Waals surface area contributed by atoms with Crippen LogP contribution in [0.1, 0.15) is 21.6 Å². The fraction of sp³-hybridized carbons (Fsp3) is 0.100. The van der Waals surface area contributed by atoms with Gasteiger partial charge in [-0.2, -0.15) is 0 Å². The molecule has 6 nitrogen and oxygen atoms in total. The highest BCUT2D eigenvalue weighted by Gasteiger charge is 2.18. The number of pyridine rings is 1. The van der Waals surface area contributed by atoms with E-state index in [4.69, 9.17) is 0 Å². The molecule has 0 saturated heterocycles. The molecule has 0 aliphatic heterocycles. The molecular weight excluding hydrogens is 362 g/mol. The molecular formula is C20H19N3O3S. The Morgan fingerprint density at radius 3 is 2.37 bits per heavy atom. The van der Waals surface area contributed by atoms with Gasteiger partial charge in [-0.05, 0) is 43.3 Å². The molecule has 0 unspecified atom stereocenters. The van der Waals surface area contributed by atoms with Gasteiger partial charge in [0.05, 0.1) is 28.4 Å². The number of amides is 1. The van der Waals surface area contributed by atoms with Crippen LogP contribution in [0.5, 0.6) is 0 Å². The number of benzene rings is 2. The van der Waals surface area contributed by atoms with Gasteiger partial charge in [-0.1, -0.05) is 35.9 Å². The van der Waals surface area contributed by atoms with Crippen molar-refractivity contribution in [1.82, 2.24) is 10.3 Å². The first-order valence-electron chi connectivity index (χ1n) is 8.32. The molecule has 3 aromatic rings. The minimum Gasteiger partial charge on any atom is -0.346 e. The SMILES string of the molecule is Cc1ccc(S(=O)(=O)Nc2ccccc2C(=O)NCc2ccccn2)cc1. The van der Waals surface area contributed by atoms with Gasteiger partial charge in [-0.3, -0.25) is 14.5 Å². The molecule has 0 spiro atoms. The third-order valence-corrected chi connectivity index (χ3v) is 5.28. The Labute approximate surface area is 158 Å². The average Bonchev–Trinajstić information content (AvgIpc) is 2.67. The number of anilines is 1. The Kier molecular flexibility index (Phi) is 5.52. The van der Waals surface area contributed by atoms with Crippen molar-refractivity contribution >= 4 is 21.6 Å². The highest BCUT2D eigenvalue weighted by molar-refractivity contribution is 7.92. The number of nitrogens with zero attached hydrogens (tertiary/aromatic N) is 1. The number of aryl methyl sites for hydroxylation is 1. The van der Waals surface area contributed by atoms with Crippen molar-refractivity contribution in [2.75, 3.05) is 4.72 Å². The summed E-state index contributed by atoms with van der Waals surface area (Å²) in [5, 5.41) is 2.75. The number of para-hydroxylation sites is 1. The van der Waals surface area contributed by atoms with Crippen molar-refractivity contribution in [2.24, 2.45) is 0 Å². The number of rotatable bonds is 6. The van der Waals surface area contributed by atoms with Gasteiger partial charge in [0.2, 0.25) is 0 Å². The lowest BCUT2D eigenvalue weighted by Crippen LogP contribution is -2.25. The number of sulfonamides is 1. The summed E-state index contributed by atoms with van der Waals surface area (Å²) >= 11 is 0. The molecule has 0 saturated carbocycles. The first-order valence-corrected chi connectivity index (χ1v) is 9.81. The Morgan fingerprint density at radius 1 is 0.963 bits per heavy atom. The Hall–Kier alpha value is -3.19. The van der Waals surface area contributed by atoms with Gasteiger partial charge in [0.25, 0.3) is 15.9 Å². The summed E-state index contributed by atoms with van der Waals surface area (Å²) in [4.78, 5) is 16.8. The number of nitrogens with one attached hydrogen (secondary N) is 2. The van der Waals surface area contributed by atoms with E-state index in [1.165, 1.54) is 12.1 Å². The largest absolute Gasteiger partial charge is 0.346 e. The second kappa shape index (κ2) is 8.01. The van der Waals surface area contributed by atoms with Crippen LogP contribution in [0.15, 0.2) is 77.8 Å². The van der Waals surface area contributed by atoms with E-state index in [-0.39, 0.29) is 28.6 Å². The van der Waals surface area contributed by atoms with Gasteiger partial charge in [0.1, 0.15) is 0 Å². The third kappa shape index (κ3) is 4.71. The molecule has 0 aliphatic rings. The van der Waals surface area contributed by atoms with Crippen LogP contribution in [0, 0.1) is 6.92 Å². The zero-order chi connectivity index (χ0) is 19.3. The summed E-state index contributed by atoms with van der Waals surface area (Å²) in [5.41, 5.74) is 2.13. The van der Waals surface area contributed by atoms with Crippen molar-refractivity contribution in [2.45, 2.75) is 18.4 Å². The molecule has 27 heavy (non-hydrogen) atoms. The van der Waals surface area contributed by atoms with Crippen LogP contribution in [0.25, 0.3) is 0 Å². The molecule has 0 fully saturated rings. The van der Waals surface area contributed by atoms with E-state index in [1.54, 1.807) is 54.7 Å². The molecule has 1 heterocycles. The Morgan fingerprint density at radius 2 is 1.67 bits per heavy atom. The predicted molar refractivity (Wildman–Crippen MR) is 104 cm³/mol. The lowest BCUT2D eigenvalue weighted by Gasteiger charge is -2.13. The Bertz CT molecular complexity index is 1030. The fourth-order valence-electron chi connectivity index (χ4n) is 2.46. The summed E-state index contributed by atoms with van der Waals surface area (Å²) in [7, 11) is -3.80. The van der Waals surface area contributed by atoms with Crippen molar-refractivity contribution in [3.05, 3.63) is 89.7 Å². The van der Waals surface area contributed by atoms with Crippen LogP contribution < -0.4 is 10.0 Å². The summed E-state index contributed by atoms with van der Waals surface area (Å²) in [6, 6.07) is 18.4. The lowest BCUT2D eigenvalue weighted by atomic mass is 10.1. The van der Waals surface area contributed by atoms with Crippen molar-refractivity contribution in [3.63, 3.8) is 0 Å². The van der Waals surface area contributed by atoms with Gasteiger partial charge in [0.15, 0.2) is 0 Å². The van der Waals surface area contributed by atoms with Gasteiger partial charge < -0.3 is 5.32 Å². The normalized spacial score (nSPS) is 11.0. The quantitative estimate of drug-likeness (QED) is 0.687. The molecule has 1 amide bonds. The zero-order valence-corrected chi connectivity index (χ0v) is 15.5. The van der Waals surface area contributed by atoms with Gasteiger partial charge in [0, 0.05) is 6.20 Å². The molecule has 3 rings (SSSR count). The number of carbonyl (C=O) groups is 1. The zero-order valence-electron chi connectivity index (χ0n) is 14.7. The molecule has 0 atom stereocenters. The van der Waals surface area contributed by atoms with Crippen LogP contribution in [0.2, 0.25) is 0 Å². The molecule has 7 heteroatoms. The van der Waals surface area contributed by atoms with Crippen molar-refractivity contribution < 1.29 is 13.2 Å². The fourth-order valence-corrected chi connectivity index (χ4v) is 3.54. The van der Waals surface area contributed by atoms with E-state index < -0.39 is 10.0 Å². The topological polar surface area (TPSA) is 88.2 Å². The third-order valence-electron chi connectivity index (χ3n) is 3.90. The molecule has 0 aliphatic carbocycles. The van der Waals surface area contributed by atoms with Crippen molar-refractivity contribution in [3.8, 4) is 0 Å². The second-order valence-corrected chi connectivity index (χ2v) is 7.65. The van der Waals surface area contributed by atoms with E-state index in [9.17, 15) is 13.2 Å². The van der Waals surface area contributed by atoms with Crippen LogP contribution in [0.4, 0.5) is 5.69 Å². The number of hydrogen-bond acceptors (Lipinski definition) is 4. The van der Waals surface area contributed by atoms with Gasteiger partial charge in [-0.25, -0.2) is 8.42 Å². The van der Waals surface area contributed by atoms with E-state index in [1.807, 2.05) is 13.0 Å². The van der Waals surface area contributed by atoms with Crippen LogP contribution in [0.3, 0.4) is 0 Å². The summed E-state index contributed by atoms with van der Waals surface area (Å²) in [6.45, 7) is 2.13. The maximum absolute atomic E-state index is 12.6. The predicted octanol–water partition coefficient (Wildman–Crippen LogP) is 3.12. The molecule has 2 N–H and O–H groups in total. The summed E-state index contributed by atoms with van der Waals surface area (Å²) < 4.78 is 27.7. The maximum Gasteiger partial charge on any atom is 0.261 e. The van der Waals surface area contributed by atoms with E-state index in [0.29, 0.717) is 5.69 Å². The minimum atomic E-state index is -3.80. The van der Waals surface area contributed by atoms with Crippen LogP contribution >= 0.6 is 0 Å². The second-order valence-electron chi connectivity index (χ2n) is 5.97. The van der Waals surface area contributed by atoms with E-state index in [0.717, 1.165) is 5.56 Å². The number of aromatic nitrogens is 1. The summed E-state index contributed by atoms with van der Waals surface area (Å²) in [5.74, 6) is -0.386. The standard InChI is InChI=1S/C20H19N3O3S/c1-15-9-11-17(12-10-15)27(25,26)23-19-8-3-2-7-18(19)20(24)22-14-16-6-4-5-13-21-16/h2-13,23H,14H2,1H3,(H,22,24). The van der Waals surface area contributed by atoms with E-state index >= 15 is 0 Å². The van der Waals surface area contributed by atoms with Gasteiger partial charge in [-0.15, -0.1) is 0 Å². The molecule has 1 aromatic heterocycles. The minimum absolute atomic E-state index is 0.136. The summed E-state index contributed by atoms with van der Waals surface area (Å²) in [6.07, 6.45) is 1.64. The molecule has 138 valence electrons. The first kappa shape index (κ1) is 18.6. The van der Waals surface area contributed by atoms with Crippen molar-refractivity contribution in [1.29, 1.82) is 0 Å². The Balaban J connectivity index is 1.79. The first-order chi connectivity index (χ1) is 13.0. The monoisotopic (exact) mass is 381 g/mol. The molecule has 0 bridgehead atoms. The highest BCUT2D eigenvalue weighted by Crippen LogP contribution is 2.20. The number of hydrogen-bond donors (Lipinski definition) is 2.